The Hall–Kier alpha value is -2.20. The molecule has 116 valence electrons. The van der Waals surface area contributed by atoms with Crippen molar-refractivity contribution in [3.05, 3.63) is 53.1 Å². The van der Waals surface area contributed by atoms with E-state index in [1.165, 1.54) is 6.07 Å². The van der Waals surface area contributed by atoms with Gasteiger partial charge in [-0.05, 0) is 42.3 Å². The number of hydrogen-bond acceptors (Lipinski definition) is 4. The molecule has 1 unspecified atom stereocenters. The first kappa shape index (κ1) is 14.7. The predicted molar refractivity (Wildman–Crippen MR) is 85.3 cm³/mol. The van der Waals surface area contributed by atoms with Gasteiger partial charge in [0.1, 0.15) is 5.75 Å². The van der Waals surface area contributed by atoms with Crippen molar-refractivity contribution in [2.45, 2.75) is 25.8 Å². The molecule has 1 heterocycles. The summed E-state index contributed by atoms with van der Waals surface area (Å²) in [7, 11) is 0. The maximum atomic E-state index is 10.2. The van der Waals surface area contributed by atoms with Crippen molar-refractivity contribution in [1.29, 1.82) is 0 Å². The van der Waals surface area contributed by atoms with E-state index < -0.39 is 0 Å². The van der Waals surface area contributed by atoms with Gasteiger partial charge in [0.05, 0.1) is 0 Å². The molecule has 0 saturated heterocycles. The molecular formula is C18H21NO3. The highest BCUT2D eigenvalue weighted by Gasteiger charge is 2.28. The van der Waals surface area contributed by atoms with Crippen LogP contribution in [0, 0.1) is 0 Å². The summed E-state index contributed by atoms with van der Waals surface area (Å²) in [5, 5.41) is 29.5. The van der Waals surface area contributed by atoms with Gasteiger partial charge in [-0.2, -0.15) is 0 Å². The normalized spacial score (nSPS) is 18.1. The predicted octanol–water partition coefficient (Wildman–Crippen LogP) is 3.16. The molecule has 3 N–H and O–H groups in total. The number of aromatic hydroxyl groups is 3. The highest BCUT2D eigenvalue weighted by molar-refractivity contribution is 5.50. The maximum Gasteiger partial charge on any atom is 0.157 e. The van der Waals surface area contributed by atoms with Crippen LogP contribution in [0.5, 0.6) is 17.2 Å². The molecule has 1 aliphatic rings. The van der Waals surface area contributed by atoms with E-state index in [-0.39, 0.29) is 17.4 Å². The number of rotatable bonds is 3. The second-order valence-corrected chi connectivity index (χ2v) is 5.88. The minimum atomic E-state index is -0.110. The molecule has 4 heteroatoms. The summed E-state index contributed by atoms with van der Waals surface area (Å²) in [5.41, 5.74) is 3.00. The summed E-state index contributed by atoms with van der Waals surface area (Å²) < 4.78 is 0. The Morgan fingerprint density at radius 2 is 1.86 bits per heavy atom. The van der Waals surface area contributed by atoms with Crippen molar-refractivity contribution in [2.24, 2.45) is 0 Å². The van der Waals surface area contributed by atoms with Crippen LogP contribution in [0.3, 0.4) is 0 Å². The minimum Gasteiger partial charge on any atom is -0.508 e. The number of hydrogen-bond donors (Lipinski definition) is 3. The van der Waals surface area contributed by atoms with Crippen LogP contribution >= 0.6 is 0 Å². The van der Waals surface area contributed by atoms with Crippen LogP contribution in [0.1, 0.15) is 36.0 Å². The van der Waals surface area contributed by atoms with Gasteiger partial charge in [-0.3, -0.25) is 4.90 Å². The maximum absolute atomic E-state index is 10.2. The quantitative estimate of drug-likeness (QED) is 0.762. The number of phenolic OH excluding ortho intramolecular Hbond substituents is 3. The molecule has 22 heavy (non-hydrogen) atoms. The van der Waals surface area contributed by atoms with Gasteiger partial charge in [-0.25, -0.2) is 0 Å². The molecule has 1 aliphatic heterocycles. The lowest BCUT2D eigenvalue weighted by Gasteiger charge is -2.35. The lowest BCUT2D eigenvalue weighted by atomic mass is 9.84. The van der Waals surface area contributed by atoms with E-state index in [9.17, 15) is 15.3 Å². The highest BCUT2D eigenvalue weighted by Crippen LogP contribution is 2.39. The minimum absolute atomic E-state index is 0.0777. The molecule has 0 fully saturated rings. The van der Waals surface area contributed by atoms with E-state index in [2.05, 4.69) is 11.8 Å². The van der Waals surface area contributed by atoms with E-state index in [0.29, 0.717) is 5.75 Å². The van der Waals surface area contributed by atoms with Gasteiger partial charge < -0.3 is 15.3 Å². The second-order valence-electron chi connectivity index (χ2n) is 5.88. The SMILES string of the molecule is CCCN1Cc2c(O)cccc2C(c2ccc(O)c(O)c2)C1. The first-order valence-corrected chi connectivity index (χ1v) is 7.65. The first-order valence-electron chi connectivity index (χ1n) is 7.65. The van der Waals surface area contributed by atoms with E-state index in [0.717, 1.165) is 42.7 Å². The van der Waals surface area contributed by atoms with E-state index in [1.807, 2.05) is 18.2 Å². The van der Waals surface area contributed by atoms with Gasteiger partial charge in [0.25, 0.3) is 0 Å². The Morgan fingerprint density at radius 3 is 2.59 bits per heavy atom. The topological polar surface area (TPSA) is 63.9 Å². The Labute approximate surface area is 130 Å². The average Bonchev–Trinajstić information content (AvgIpc) is 2.51. The van der Waals surface area contributed by atoms with Crippen molar-refractivity contribution in [3.8, 4) is 17.2 Å². The van der Waals surface area contributed by atoms with Crippen LogP contribution < -0.4 is 0 Å². The van der Waals surface area contributed by atoms with E-state index >= 15 is 0 Å². The van der Waals surface area contributed by atoms with Crippen LogP contribution in [0.2, 0.25) is 0 Å². The summed E-state index contributed by atoms with van der Waals surface area (Å²) in [6.45, 7) is 4.70. The Bertz CT molecular complexity index is 684. The summed E-state index contributed by atoms with van der Waals surface area (Å²) in [4.78, 5) is 2.32. The van der Waals surface area contributed by atoms with E-state index in [4.69, 9.17) is 0 Å². The third-order valence-electron chi connectivity index (χ3n) is 4.33. The fraction of sp³-hybridized carbons (Fsp3) is 0.333. The zero-order valence-corrected chi connectivity index (χ0v) is 12.7. The third kappa shape index (κ3) is 2.62. The summed E-state index contributed by atoms with van der Waals surface area (Å²) >= 11 is 0. The fourth-order valence-electron chi connectivity index (χ4n) is 3.26. The number of fused-ring (bicyclic) bond motifs is 1. The second kappa shape index (κ2) is 5.89. The van der Waals surface area contributed by atoms with Gasteiger partial charge in [0.2, 0.25) is 0 Å². The van der Waals surface area contributed by atoms with Crippen LogP contribution in [0.4, 0.5) is 0 Å². The molecule has 2 aromatic rings. The first-order chi connectivity index (χ1) is 10.6. The lowest BCUT2D eigenvalue weighted by Crippen LogP contribution is -2.34. The average molecular weight is 299 g/mol. The standard InChI is InChI=1S/C18H21NO3/c1-2-8-19-10-14(12-6-7-17(21)18(22)9-12)13-4-3-5-16(20)15(13)11-19/h3-7,9,14,20-22H,2,8,10-11H2,1H3. The van der Waals surface area contributed by atoms with Crippen molar-refractivity contribution < 1.29 is 15.3 Å². The molecule has 4 nitrogen and oxygen atoms in total. The molecular weight excluding hydrogens is 278 g/mol. The molecule has 3 rings (SSSR count). The molecule has 0 aliphatic carbocycles. The molecule has 0 saturated carbocycles. The van der Waals surface area contributed by atoms with Crippen molar-refractivity contribution in [2.75, 3.05) is 13.1 Å². The molecule has 0 bridgehead atoms. The fourth-order valence-corrected chi connectivity index (χ4v) is 3.26. The number of nitrogens with zero attached hydrogens (tertiary/aromatic N) is 1. The van der Waals surface area contributed by atoms with Crippen molar-refractivity contribution in [1.82, 2.24) is 4.90 Å². The molecule has 2 aromatic carbocycles. The van der Waals surface area contributed by atoms with Gasteiger partial charge in [0.15, 0.2) is 11.5 Å². The largest absolute Gasteiger partial charge is 0.508 e. The lowest BCUT2D eigenvalue weighted by molar-refractivity contribution is 0.236. The third-order valence-corrected chi connectivity index (χ3v) is 4.33. The summed E-state index contributed by atoms with van der Waals surface area (Å²) in [6, 6.07) is 10.6. The zero-order chi connectivity index (χ0) is 15.7. The Balaban J connectivity index is 2.06. The Kier molecular flexibility index (Phi) is 3.94. The molecule has 0 radical (unpaired) electrons. The van der Waals surface area contributed by atoms with Gasteiger partial charge in [-0.1, -0.05) is 25.1 Å². The number of benzene rings is 2. The van der Waals surface area contributed by atoms with Crippen LogP contribution in [0.15, 0.2) is 36.4 Å². The van der Waals surface area contributed by atoms with Crippen LogP contribution in [-0.4, -0.2) is 33.3 Å². The van der Waals surface area contributed by atoms with Crippen molar-refractivity contribution >= 4 is 0 Å². The van der Waals surface area contributed by atoms with Gasteiger partial charge in [-0.15, -0.1) is 0 Å². The van der Waals surface area contributed by atoms with E-state index in [1.54, 1.807) is 12.1 Å². The van der Waals surface area contributed by atoms with Gasteiger partial charge in [0, 0.05) is 24.6 Å². The smallest absolute Gasteiger partial charge is 0.157 e. The van der Waals surface area contributed by atoms with Crippen LogP contribution in [-0.2, 0) is 6.54 Å². The van der Waals surface area contributed by atoms with Crippen molar-refractivity contribution in [3.63, 3.8) is 0 Å². The summed E-state index contributed by atoms with van der Waals surface area (Å²) in [5.74, 6) is 0.188. The zero-order valence-electron chi connectivity index (χ0n) is 12.7. The number of phenols is 3. The van der Waals surface area contributed by atoms with Crippen LogP contribution in [0.25, 0.3) is 0 Å². The highest BCUT2D eigenvalue weighted by atomic mass is 16.3. The molecule has 0 spiro atoms. The molecule has 0 aromatic heterocycles. The summed E-state index contributed by atoms with van der Waals surface area (Å²) in [6.07, 6.45) is 1.05. The monoisotopic (exact) mass is 299 g/mol. The molecule has 1 atom stereocenters. The Morgan fingerprint density at radius 1 is 1.05 bits per heavy atom. The molecule has 0 amide bonds. The van der Waals surface area contributed by atoms with Gasteiger partial charge >= 0.3 is 0 Å².